The summed E-state index contributed by atoms with van der Waals surface area (Å²) in [5, 5.41) is 0. The molecule has 2 atom stereocenters. The molecule has 1 aromatic carbocycles. The molecule has 1 amide bonds. The standard InChI is InChI=1S/C15H17NO2/c17-14-7-6-11-8-13(14)10-16(9-11)15(18)12-4-2-1-3-5-12/h1-5,11,13H,6-10H2. The molecule has 2 unspecified atom stereocenters. The molecule has 2 aliphatic rings. The van der Waals surface area contributed by atoms with Crippen LogP contribution in [0.3, 0.4) is 0 Å². The Balaban J connectivity index is 1.77. The van der Waals surface area contributed by atoms with Gasteiger partial charge in [0.15, 0.2) is 0 Å². The molecule has 2 fully saturated rings. The van der Waals surface area contributed by atoms with Gasteiger partial charge in [-0.05, 0) is 30.9 Å². The monoisotopic (exact) mass is 243 g/mol. The third-order valence-electron chi connectivity index (χ3n) is 4.10. The smallest absolute Gasteiger partial charge is 0.253 e. The molecule has 3 nitrogen and oxygen atoms in total. The van der Waals surface area contributed by atoms with E-state index < -0.39 is 0 Å². The summed E-state index contributed by atoms with van der Waals surface area (Å²) in [4.78, 5) is 26.0. The van der Waals surface area contributed by atoms with Crippen molar-refractivity contribution in [2.24, 2.45) is 11.8 Å². The van der Waals surface area contributed by atoms with Gasteiger partial charge in [0.1, 0.15) is 5.78 Å². The highest BCUT2D eigenvalue weighted by Crippen LogP contribution is 2.32. The topological polar surface area (TPSA) is 37.4 Å². The summed E-state index contributed by atoms with van der Waals surface area (Å²) in [5.41, 5.74) is 0.727. The van der Waals surface area contributed by atoms with Crippen molar-refractivity contribution in [3.8, 4) is 0 Å². The van der Waals surface area contributed by atoms with E-state index in [1.165, 1.54) is 0 Å². The Morgan fingerprint density at radius 2 is 1.94 bits per heavy atom. The first-order chi connectivity index (χ1) is 8.74. The van der Waals surface area contributed by atoms with Crippen molar-refractivity contribution in [2.45, 2.75) is 19.3 Å². The zero-order chi connectivity index (χ0) is 12.5. The van der Waals surface area contributed by atoms with Gasteiger partial charge in [0.2, 0.25) is 0 Å². The largest absolute Gasteiger partial charge is 0.338 e. The van der Waals surface area contributed by atoms with E-state index in [-0.39, 0.29) is 11.8 Å². The van der Waals surface area contributed by atoms with Gasteiger partial charge in [-0.25, -0.2) is 0 Å². The summed E-state index contributed by atoms with van der Waals surface area (Å²) in [6.07, 6.45) is 2.65. The summed E-state index contributed by atoms with van der Waals surface area (Å²) in [6.45, 7) is 1.43. The lowest BCUT2D eigenvalue weighted by Crippen LogP contribution is -2.48. The van der Waals surface area contributed by atoms with Crippen LogP contribution in [0.25, 0.3) is 0 Å². The second-order valence-electron chi connectivity index (χ2n) is 5.38. The fraction of sp³-hybridized carbons (Fsp3) is 0.467. The van der Waals surface area contributed by atoms with E-state index in [1.54, 1.807) is 0 Å². The summed E-state index contributed by atoms with van der Waals surface area (Å²) >= 11 is 0. The zero-order valence-corrected chi connectivity index (χ0v) is 10.3. The number of carbonyl (C=O) groups is 2. The number of hydrogen-bond donors (Lipinski definition) is 0. The van der Waals surface area contributed by atoms with Gasteiger partial charge in [-0.2, -0.15) is 0 Å². The molecule has 1 aliphatic carbocycles. The lowest BCUT2D eigenvalue weighted by Gasteiger charge is -2.40. The fourth-order valence-corrected chi connectivity index (χ4v) is 3.13. The minimum absolute atomic E-state index is 0.0694. The van der Waals surface area contributed by atoms with Crippen LogP contribution in [0.4, 0.5) is 0 Å². The predicted molar refractivity (Wildman–Crippen MR) is 68.2 cm³/mol. The summed E-state index contributed by atoms with van der Waals surface area (Å²) in [7, 11) is 0. The van der Waals surface area contributed by atoms with E-state index in [0.29, 0.717) is 24.7 Å². The van der Waals surface area contributed by atoms with Crippen LogP contribution in [0, 0.1) is 11.8 Å². The maximum absolute atomic E-state index is 12.4. The number of Topliss-reactive ketones (excluding diaryl/α,β-unsaturated/α-hetero) is 1. The Bertz CT molecular complexity index is 469. The van der Waals surface area contributed by atoms with Crippen molar-refractivity contribution in [1.29, 1.82) is 0 Å². The number of benzene rings is 1. The molecule has 0 radical (unpaired) electrons. The SMILES string of the molecule is O=C1CCC2CC1CN(C(=O)c1ccccc1)C2. The lowest BCUT2D eigenvalue weighted by molar-refractivity contribution is -0.127. The third-order valence-corrected chi connectivity index (χ3v) is 4.10. The van der Waals surface area contributed by atoms with Crippen molar-refractivity contribution in [1.82, 2.24) is 4.90 Å². The molecule has 0 N–H and O–H groups in total. The van der Waals surface area contributed by atoms with Gasteiger partial charge in [0, 0.05) is 31.0 Å². The number of rotatable bonds is 1. The number of likely N-dealkylation sites (tertiary alicyclic amines) is 1. The van der Waals surface area contributed by atoms with Gasteiger partial charge in [-0.3, -0.25) is 9.59 Å². The number of amides is 1. The lowest BCUT2D eigenvalue weighted by atomic mass is 9.77. The van der Waals surface area contributed by atoms with Gasteiger partial charge in [0.25, 0.3) is 5.91 Å². The van der Waals surface area contributed by atoms with Crippen molar-refractivity contribution < 1.29 is 9.59 Å². The van der Waals surface area contributed by atoms with Crippen LogP contribution in [-0.2, 0) is 4.79 Å². The highest BCUT2D eigenvalue weighted by Gasteiger charge is 2.37. The van der Waals surface area contributed by atoms with E-state index in [0.717, 1.165) is 24.9 Å². The minimum atomic E-state index is 0.0694. The first-order valence-corrected chi connectivity index (χ1v) is 6.61. The average Bonchev–Trinajstić information content (AvgIpc) is 2.43. The van der Waals surface area contributed by atoms with Crippen LogP contribution in [0.5, 0.6) is 0 Å². The molecule has 1 aromatic rings. The van der Waals surface area contributed by atoms with Crippen LogP contribution < -0.4 is 0 Å². The highest BCUT2D eigenvalue weighted by molar-refractivity contribution is 5.95. The molecule has 1 aliphatic heterocycles. The van der Waals surface area contributed by atoms with Crippen molar-refractivity contribution in [2.75, 3.05) is 13.1 Å². The van der Waals surface area contributed by atoms with Gasteiger partial charge < -0.3 is 4.90 Å². The molecule has 0 spiro atoms. The van der Waals surface area contributed by atoms with E-state index in [4.69, 9.17) is 0 Å². The van der Waals surface area contributed by atoms with Crippen LogP contribution in [0.15, 0.2) is 30.3 Å². The third kappa shape index (κ3) is 2.05. The van der Waals surface area contributed by atoms with E-state index >= 15 is 0 Å². The van der Waals surface area contributed by atoms with Gasteiger partial charge in [-0.1, -0.05) is 18.2 Å². The summed E-state index contributed by atoms with van der Waals surface area (Å²) < 4.78 is 0. The Kier molecular flexibility index (Phi) is 2.90. The molecular weight excluding hydrogens is 226 g/mol. The van der Waals surface area contributed by atoms with Gasteiger partial charge in [0.05, 0.1) is 0 Å². The fourth-order valence-electron chi connectivity index (χ4n) is 3.13. The van der Waals surface area contributed by atoms with Crippen LogP contribution >= 0.6 is 0 Å². The molecule has 18 heavy (non-hydrogen) atoms. The number of carbonyl (C=O) groups excluding carboxylic acids is 2. The van der Waals surface area contributed by atoms with Crippen molar-refractivity contribution in [3.05, 3.63) is 35.9 Å². The normalized spacial score (nSPS) is 27.1. The van der Waals surface area contributed by atoms with Crippen molar-refractivity contribution >= 4 is 11.7 Å². The second-order valence-corrected chi connectivity index (χ2v) is 5.38. The van der Waals surface area contributed by atoms with E-state index in [9.17, 15) is 9.59 Å². The number of ketones is 1. The quantitative estimate of drug-likeness (QED) is 0.757. The molecule has 1 saturated heterocycles. The molecule has 3 heteroatoms. The molecule has 2 bridgehead atoms. The Morgan fingerprint density at radius 3 is 2.72 bits per heavy atom. The highest BCUT2D eigenvalue weighted by atomic mass is 16.2. The first-order valence-electron chi connectivity index (χ1n) is 6.61. The Morgan fingerprint density at radius 1 is 1.17 bits per heavy atom. The Labute approximate surface area is 107 Å². The molecule has 1 heterocycles. The number of nitrogens with zero attached hydrogens (tertiary/aromatic N) is 1. The molecule has 1 saturated carbocycles. The molecular formula is C15H17NO2. The minimum Gasteiger partial charge on any atom is -0.338 e. The van der Waals surface area contributed by atoms with Crippen LogP contribution in [0.2, 0.25) is 0 Å². The maximum atomic E-state index is 12.4. The number of fused-ring (bicyclic) bond motifs is 2. The number of hydrogen-bond acceptors (Lipinski definition) is 2. The molecule has 94 valence electrons. The summed E-state index contributed by atoms with van der Waals surface area (Å²) in [5.74, 6) is 1.02. The van der Waals surface area contributed by atoms with E-state index in [2.05, 4.69) is 0 Å². The van der Waals surface area contributed by atoms with Crippen molar-refractivity contribution in [3.63, 3.8) is 0 Å². The molecule has 0 aromatic heterocycles. The van der Waals surface area contributed by atoms with Crippen LogP contribution in [0.1, 0.15) is 29.6 Å². The average molecular weight is 243 g/mol. The number of piperidine rings is 1. The maximum Gasteiger partial charge on any atom is 0.253 e. The first kappa shape index (κ1) is 11.5. The van der Waals surface area contributed by atoms with E-state index in [1.807, 2.05) is 35.2 Å². The predicted octanol–water partition coefficient (Wildman–Crippen LogP) is 2.13. The second kappa shape index (κ2) is 4.56. The van der Waals surface area contributed by atoms with Crippen LogP contribution in [-0.4, -0.2) is 29.7 Å². The summed E-state index contributed by atoms with van der Waals surface area (Å²) in [6, 6.07) is 9.35. The van der Waals surface area contributed by atoms with Gasteiger partial charge >= 0.3 is 0 Å². The molecule has 3 rings (SSSR count). The Hall–Kier alpha value is -1.64. The van der Waals surface area contributed by atoms with Gasteiger partial charge in [-0.15, -0.1) is 0 Å². The zero-order valence-electron chi connectivity index (χ0n) is 10.3.